The summed E-state index contributed by atoms with van der Waals surface area (Å²) in [4.78, 5) is 3.41. The van der Waals surface area contributed by atoms with Crippen molar-refractivity contribution in [1.29, 1.82) is 0 Å². The first-order valence-electron chi connectivity index (χ1n) is 5.45. The zero-order chi connectivity index (χ0) is 12.2. The van der Waals surface area contributed by atoms with Gasteiger partial charge in [-0.25, -0.2) is 0 Å². The van der Waals surface area contributed by atoms with E-state index in [1.54, 1.807) is 0 Å². The molecule has 1 rings (SSSR count). The van der Waals surface area contributed by atoms with Crippen LogP contribution in [0.1, 0.15) is 5.56 Å². The van der Waals surface area contributed by atoms with Crippen molar-refractivity contribution in [1.82, 2.24) is 0 Å². The molecule has 1 aromatic rings. The van der Waals surface area contributed by atoms with E-state index in [2.05, 4.69) is 48.8 Å². The summed E-state index contributed by atoms with van der Waals surface area (Å²) in [6.07, 6.45) is 0. The van der Waals surface area contributed by atoms with Crippen LogP contribution in [0.15, 0.2) is 24.3 Å². The van der Waals surface area contributed by atoms with Crippen molar-refractivity contribution in [3.05, 3.63) is 35.4 Å². The first-order chi connectivity index (χ1) is 7.43. The van der Waals surface area contributed by atoms with Crippen LogP contribution in [-0.4, -0.2) is 24.7 Å². The van der Waals surface area contributed by atoms with Gasteiger partial charge in [-0.05, 0) is 19.1 Å². The molecule has 0 aliphatic heterocycles. The monoisotopic (exact) mass is 233 g/mol. The molecule has 0 spiro atoms. The highest BCUT2D eigenvalue weighted by Crippen LogP contribution is 2.09. The van der Waals surface area contributed by atoms with Crippen molar-refractivity contribution >= 4 is 19.1 Å². The third kappa shape index (κ3) is 3.64. The summed E-state index contributed by atoms with van der Waals surface area (Å²) in [7, 11) is -1.51. The summed E-state index contributed by atoms with van der Waals surface area (Å²) < 4.78 is 0. The Morgan fingerprint density at radius 1 is 1.25 bits per heavy atom. The topological polar surface area (TPSA) is 48.4 Å². The highest BCUT2D eigenvalue weighted by Gasteiger charge is 2.29. The molecule has 0 amide bonds. The lowest BCUT2D eigenvalue weighted by Crippen LogP contribution is -2.39. The number of nitrogens with zero attached hydrogens (tertiary/aromatic N) is 2. The minimum absolute atomic E-state index is 0.620. The second-order valence-electron chi connectivity index (χ2n) is 5.02. The van der Waals surface area contributed by atoms with Crippen LogP contribution in [-0.2, 0) is 0 Å². The Labute approximate surface area is 98.1 Å². The van der Waals surface area contributed by atoms with Gasteiger partial charge in [-0.2, -0.15) is 4.79 Å². The van der Waals surface area contributed by atoms with Gasteiger partial charge in [0.2, 0.25) is 0 Å². The Kier molecular flexibility index (Phi) is 4.04. The largest absolute Gasteiger partial charge is 0.375 e. The SMILES string of the molecule is Cc1ccc(NCC(=[N+]=[N-])[Si](C)(C)C)cc1. The highest BCUT2D eigenvalue weighted by atomic mass is 28.3. The molecule has 1 N–H and O–H groups in total. The smallest absolute Gasteiger partial charge is 0.255 e. The van der Waals surface area contributed by atoms with E-state index >= 15 is 0 Å². The maximum Gasteiger partial charge on any atom is 0.255 e. The highest BCUT2D eigenvalue weighted by molar-refractivity contribution is 7.03. The molecule has 0 atom stereocenters. The lowest BCUT2D eigenvalue weighted by molar-refractivity contribution is -0.00246. The molecule has 0 aliphatic carbocycles. The fourth-order valence-electron chi connectivity index (χ4n) is 1.31. The van der Waals surface area contributed by atoms with Crippen LogP contribution in [0.2, 0.25) is 19.6 Å². The molecule has 0 heterocycles. The van der Waals surface area contributed by atoms with Gasteiger partial charge >= 0.3 is 0 Å². The normalized spacial score (nSPS) is 10.8. The van der Waals surface area contributed by atoms with E-state index in [-0.39, 0.29) is 0 Å². The molecule has 0 radical (unpaired) electrons. The van der Waals surface area contributed by atoms with Crippen LogP contribution >= 0.6 is 0 Å². The first-order valence-corrected chi connectivity index (χ1v) is 8.95. The van der Waals surface area contributed by atoms with Gasteiger partial charge in [0.1, 0.15) is 6.54 Å². The number of hydrogen-bond acceptors (Lipinski definition) is 1. The lowest BCUT2D eigenvalue weighted by Gasteiger charge is -2.11. The maximum absolute atomic E-state index is 8.97. The summed E-state index contributed by atoms with van der Waals surface area (Å²) in [5, 5.41) is 4.16. The van der Waals surface area contributed by atoms with E-state index < -0.39 is 8.07 Å². The minimum Gasteiger partial charge on any atom is -0.375 e. The first kappa shape index (κ1) is 12.7. The second-order valence-corrected chi connectivity index (χ2v) is 10.1. The average Bonchev–Trinajstić information content (AvgIpc) is 2.19. The summed E-state index contributed by atoms with van der Waals surface area (Å²) >= 11 is 0. The quantitative estimate of drug-likeness (QED) is 0.369. The van der Waals surface area contributed by atoms with Crippen LogP contribution in [0.25, 0.3) is 5.53 Å². The van der Waals surface area contributed by atoms with Crippen molar-refractivity contribution in [3.63, 3.8) is 0 Å². The Hall–Kier alpha value is -1.38. The predicted octanol–water partition coefficient (Wildman–Crippen LogP) is 2.96. The van der Waals surface area contributed by atoms with Crippen LogP contribution < -0.4 is 5.32 Å². The number of nitrogens with one attached hydrogen (secondary N) is 1. The third-order valence-corrected chi connectivity index (χ3v) is 4.51. The molecular formula is C12H19N3Si. The zero-order valence-corrected chi connectivity index (χ0v) is 11.4. The summed E-state index contributed by atoms with van der Waals surface area (Å²) in [6.45, 7) is 9.18. The van der Waals surface area contributed by atoms with Gasteiger partial charge in [0.25, 0.3) is 5.33 Å². The van der Waals surface area contributed by atoms with Crippen molar-refractivity contribution in [2.24, 2.45) is 0 Å². The van der Waals surface area contributed by atoms with E-state index in [1.807, 2.05) is 12.1 Å². The summed E-state index contributed by atoms with van der Waals surface area (Å²) in [5.41, 5.74) is 11.3. The van der Waals surface area contributed by atoms with E-state index in [1.165, 1.54) is 5.56 Å². The predicted molar refractivity (Wildman–Crippen MR) is 71.6 cm³/mol. The molecule has 1 aromatic carbocycles. The number of aryl methyl sites for hydroxylation is 1. The molecule has 0 aromatic heterocycles. The molecule has 0 saturated heterocycles. The fourth-order valence-corrected chi connectivity index (χ4v) is 2.23. The molecule has 0 bridgehead atoms. The molecule has 0 unspecified atom stereocenters. The van der Waals surface area contributed by atoms with Gasteiger partial charge in [0, 0.05) is 5.69 Å². The molecule has 3 nitrogen and oxygen atoms in total. The third-order valence-electron chi connectivity index (χ3n) is 2.50. The molecule has 4 heteroatoms. The van der Waals surface area contributed by atoms with Crippen LogP contribution in [0.4, 0.5) is 5.69 Å². The van der Waals surface area contributed by atoms with Crippen molar-refractivity contribution in [2.75, 3.05) is 11.9 Å². The Morgan fingerprint density at radius 3 is 2.25 bits per heavy atom. The molecule has 0 fully saturated rings. The fraction of sp³-hybridized carbons (Fsp3) is 0.417. The Bertz CT molecular complexity index is 397. The molecule has 86 valence electrons. The lowest BCUT2D eigenvalue weighted by atomic mass is 10.2. The van der Waals surface area contributed by atoms with Gasteiger partial charge < -0.3 is 10.8 Å². The Balaban J connectivity index is 2.64. The number of benzene rings is 1. The van der Waals surface area contributed by atoms with Crippen LogP contribution in [0.5, 0.6) is 0 Å². The molecule has 16 heavy (non-hydrogen) atoms. The van der Waals surface area contributed by atoms with E-state index in [0.29, 0.717) is 6.54 Å². The number of anilines is 1. The summed E-state index contributed by atoms with van der Waals surface area (Å²) in [5.74, 6) is 0. The minimum atomic E-state index is -1.51. The average molecular weight is 233 g/mol. The van der Waals surface area contributed by atoms with Gasteiger partial charge in [-0.1, -0.05) is 37.3 Å². The van der Waals surface area contributed by atoms with E-state index in [4.69, 9.17) is 5.53 Å². The molecule has 0 saturated carbocycles. The zero-order valence-electron chi connectivity index (χ0n) is 10.4. The summed E-state index contributed by atoms with van der Waals surface area (Å²) in [6, 6.07) is 8.20. The van der Waals surface area contributed by atoms with Gasteiger partial charge in [-0.15, -0.1) is 0 Å². The number of rotatable bonds is 4. The van der Waals surface area contributed by atoms with Crippen molar-refractivity contribution in [2.45, 2.75) is 26.6 Å². The van der Waals surface area contributed by atoms with Crippen molar-refractivity contribution in [3.8, 4) is 0 Å². The van der Waals surface area contributed by atoms with Crippen LogP contribution in [0.3, 0.4) is 0 Å². The van der Waals surface area contributed by atoms with E-state index in [9.17, 15) is 0 Å². The van der Waals surface area contributed by atoms with Gasteiger partial charge in [0.05, 0.1) is 0 Å². The Morgan fingerprint density at radius 2 is 1.81 bits per heavy atom. The van der Waals surface area contributed by atoms with Crippen molar-refractivity contribution < 1.29 is 4.79 Å². The standard InChI is InChI=1S/C12H19N3Si/c1-10-5-7-11(8-6-10)14-9-12(15-13)16(2,3)4/h5-8,14H,9H2,1-4H3. The van der Waals surface area contributed by atoms with E-state index in [0.717, 1.165) is 11.0 Å². The molecule has 0 aliphatic rings. The maximum atomic E-state index is 8.97. The van der Waals surface area contributed by atoms with Gasteiger partial charge in [0.15, 0.2) is 8.07 Å². The molecular weight excluding hydrogens is 214 g/mol. The number of hydrogen-bond donors (Lipinski definition) is 1. The van der Waals surface area contributed by atoms with Crippen LogP contribution in [0, 0.1) is 6.92 Å². The second kappa shape index (κ2) is 5.10. The van der Waals surface area contributed by atoms with Gasteiger partial charge in [-0.3, -0.25) is 0 Å².